The van der Waals surface area contributed by atoms with Gasteiger partial charge in [0.2, 0.25) is 0 Å². The van der Waals surface area contributed by atoms with Gasteiger partial charge in [0.25, 0.3) is 5.09 Å². The number of phenols is 1. The number of phenolic OH excluding ortho intramolecular Hbond substituents is 1. The lowest BCUT2D eigenvalue weighted by Gasteiger charge is -1.92. The molecule has 0 saturated heterocycles. The second-order valence-corrected chi connectivity index (χ2v) is 2.09. The smallest absolute Gasteiger partial charge is 0.335 e. The zero-order valence-electron chi connectivity index (χ0n) is 6.82. The predicted molar refractivity (Wildman–Crippen MR) is 43.8 cm³/mol. The number of hydrogen-bond donors (Lipinski definition) is 3. The molecule has 0 aliphatic heterocycles. The molecule has 0 fully saturated rings. The van der Waals surface area contributed by atoms with E-state index in [0.29, 0.717) is 0 Å². The minimum absolute atomic E-state index is 0.0741. The lowest BCUT2D eigenvalue weighted by molar-refractivity contribution is -0.742. The summed E-state index contributed by atoms with van der Waals surface area (Å²) < 4.78 is 0. The van der Waals surface area contributed by atoms with Gasteiger partial charge in [-0.15, -0.1) is 10.1 Å². The summed E-state index contributed by atoms with van der Waals surface area (Å²) in [5.41, 5.74) is 0.179. The molecule has 0 spiro atoms. The van der Waals surface area contributed by atoms with Crippen LogP contribution in [0.25, 0.3) is 0 Å². The van der Waals surface area contributed by atoms with Gasteiger partial charge in [0.05, 0.1) is 5.56 Å². The second-order valence-electron chi connectivity index (χ2n) is 2.09. The van der Waals surface area contributed by atoms with Crippen molar-refractivity contribution >= 4 is 5.97 Å². The summed E-state index contributed by atoms with van der Waals surface area (Å²) in [6.07, 6.45) is 0. The van der Waals surface area contributed by atoms with Crippen molar-refractivity contribution in [1.82, 2.24) is 0 Å². The third kappa shape index (κ3) is 5.35. The first-order valence-electron chi connectivity index (χ1n) is 3.29. The molecule has 0 aliphatic carbocycles. The Morgan fingerprint density at radius 1 is 1.29 bits per heavy atom. The second kappa shape index (κ2) is 5.36. The van der Waals surface area contributed by atoms with Crippen molar-refractivity contribution in [1.29, 1.82) is 0 Å². The molecular formula is C7H7NO6. The van der Waals surface area contributed by atoms with Crippen molar-refractivity contribution in [3.63, 3.8) is 0 Å². The summed E-state index contributed by atoms with van der Waals surface area (Å²) >= 11 is 0. The molecule has 14 heavy (non-hydrogen) atoms. The van der Waals surface area contributed by atoms with Crippen molar-refractivity contribution in [2.45, 2.75) is 0 Å². The predicted octanol–water partition coefficient (Wildman–Crippen LogP) is 0.743. The van der Waals surface area contributed by atoms with Gasteiger partial charge in [-0.25, -0.2) is 4.79 Å². The van der Waals surface area contributed by atoms with Crippen LogP contribution in [-0.2, 0) is 0 Å². The average Bonchev–Trinajstić information content (AvgIpc) is 2.03. The monoisotopic (exact) mass is 201 g/mol. The molecule has 3 N–H and O–H groups in total. The maximum absolute atomic E-state index is 10.2. The zero-order valence-corrected chi connectivity index (χ0v) is 6.82. The highest BCUT2D eigenvalue weighted by Crippen LogP contribution is 2.08. The zero-order chi connectivity index (χ0) is 11.1. The van der Waals surface area contributed by atoms with Gasteiger partial charge in [-0.2, -0.15) is 0 Å². The lowest BCUT2D eigenvalue weighted by atomic mass is 10.2. The van der Waals surface area contributed by atoms with Crippen LogP contribution in [0.15, 0.2) is 24.3 Å². The minimum Gasteiger partial charge on any atom is -0.508 e. The van der Waals surface area contributed by atoms with Crippen molar-refractivity contribution in [3.05, 3.63) is 39.9 Å². The van der Waals surface area contributed by atoms with Gasteiger partial charge in [0, 0.05) is 0 Å². The standard InChI is InChI=1S/C7H6O3.HNO3/c8-6-3-1-5(2-4-6)7(9)10;2-1(3)4/h1-4,8H,(H,9,10);(H,2,3,4). The molecule has 0 radical (unpaired) electrons. The number of rotatable bonds is 1. The van der Waals surface area contributed by atoms with Gasteiger partial charge >= 0.3 is 5.97 Å². The quantitative estimate of drug-likeness (QED) is 0.455. The van der Waals surface area contributed by atoms with E-state index in [2.05, 4.69) is 0 Å². The van der Waals surface area contributed by atoms with Gasteiger partial charge in [0.1, 0.15) is 5.75 Å². The fourth-order valence-electron chi connectivity index (χ4n) is 0.604. The number of benzene rings is 1. The van der Waals surface area contributed by atoms with Crippen LogP contribution in [0.2, 0.25) is 0 Å². The number of aromatic carboxylic acids is 1. The van der Waals surface area contributed by atoms with Crippen LogP contribution in [-0.4, -0.2) is 26.5 Å². The van der Waals surface area contributed by atoms with Gasteiger partial charge in [-0.05, 0) is 24.3 Å². The number of carbonyl (C=O) groups is 1. The Morgan fingerprint density at radius 2 is 1.64 bits per heavy atom. The number of nitrogens with zero attached hydrogens (tertiary/aromatic N) is 1. The normalized spacial score (nSPS) is 8.29. The molecule has 0 atom stereocenters. The number of aromatic hydroxyl groups is 1. The number of carboxylic acid groups (broad SMARTS) is 1. The van der Waals surface area contributed by atoms with E-state index in [4.69, 9.17) is 25.5 Å². The van der Waals surface area contributed by atoms with Crippen LogP contribution in [0.4, 0.5) is 0 Å². The molecule has 1 rings (SSSR count). The molecule has 1 aromatic rings. The van der Waals surface area contributed by atoms with Crippen LogP contribution >= 0.6 is 0 Å². The highest BCUT2D eigenvalue weighted by Gasteiger charge is 1.99. The van der Waals surface area contributed by atoms with E-state index in [-0.39, 0.29) is 11.3 Å². The Morgan fingerprint density at radius 3 is 1.93 bits per heavy atom. The molecular weight excluding hydrogens is 194 g/mol. The van der Waals surface area contributed by atoms with Crippen LogP contribution in [0, 0.1) is 10.1 Å². The Kier molecular flexibility index (Phi) is 4.47. The van der Waals surface area contributed by atoms with E-state index in [1.165, 1.54) is 24.3 Å². The maximum atomic E-state index is 10.2. The Bertz CT molecular complexity index is 315. The first-order chi connectivity index (χ1) is 6.43. The van der Waals surface area contributed by atoms with Crippen LogP contribution in [0.3, 0.4) is 0 Å². The molecule has 0 amide bonds. The fraction of sp³-hybridized carbons (Fsp3) is 0. The third-order valence-electron chi connectivity index (χ3n) is 1.11. The van der Waals surface area contributed by atoms with Crippen molar-refractivity contribution < 1.29 is 25.3 Å². The van der Waals surface area contributed by atoms with E-state index in [1.807, 2.05) is 0 Å². The van der Waals surface area contributed by atoms with Crippen LogP contribution < -0.4 is 0 Å². The summed E-state index contributed by atoms with van der Waals surface area (Å²) in [5.74, 6) is -0.912. The van der Waals surface area contributed by atoms with E-state index in [1.54, 1.807) is 0 Å². The van der Waals surface area contributed by atoms with Gasteiger partial charge in [0.15, 0.2) is 0 Å². The van der Waals surface area contributed by atoms with Crippen LogP contribution in [0.5, 0.6) is 5.75 Å². The average molecular weight is 201 g/mol. The van der Waals surface area contributed by atoms with E-state index >= 15 is 0 Å². The third-order valence-corrected chi connectivity index (χ3v) is 1.11. The summed E-state index contributed by atoms with van der Waals surface area (Å²) in [5, 5.41) is 30.8. The van der Waals surface area contributed by atoms with Crippen molar-refractivity contribution in [2.75, 3.05) is 0 Å². The highest BCUT2D eigenvalue weighted by atomic mass is 16.9. The SMILES string of the molecule is O=C(O)c1ccc(O)cc1.O=[N+]([O-])O. The molecule has 1 aromatic carbocycles. The highest BCUT2D eigenvalue weighted by molar-refractivity contribution is 5.87. The molecule has 0 heterocycles. The minimum atomic E-state index is -1.50. The molecule has 7 heteroatoms. The maximum Gasteiger partial charge on any atom is 0.335 e. The van der Waals surface area contributed by atoms with Gasteiger partial charge in [-0.3, -0.25) is 0 Å². The van der Waals surface area contributed by atoms with E-state index in [0.717, 1.165) is 0 Å². The molecule has 0 unspecified atom stereocenters. The first-order valence-corrected chi connectivity index (χ1v) is 3.29. The Balaban J connectivity index is 0.000000364. The van der Waals surface area contributed by atoms with Crippen molar-refractivity contribution in [2.24, 2.45) is 0 Å². The fourth-order valence-corrected chi connectivity index (χ4v) is 0.604. The summed E-state index contributed by atoms with van der Waals surface area (Å²) in [7, 11) is 0. The van der Waals surface area contributed by atoms with E-state index < -0.39 is 11.1 Å². The lowest BCUT2D eigenvalue weighted by Crippen LogP contribution is -1.93. The largest absolute Gasteiger partial charge is 0.508 e. The molecule has 0 saturated carbocycles. The molecule has 76 valence electrons. The molecule has 0 aliphatic rings. The summed E-state index contributed by atoms with van der Waals surface area (Å²) in [6, 6.07) is 5.36. The van der Waals surface area contributed by atoms with Crippen molar-refractivity contribution in [3.8, 4) is 5.75 Å². The number of carboxylic acids is 1. The van der Waals surface area contributed by atoms with Gasteiger partial charge < -0.3 is 15.4 Å². The molecule has 0 bridgehead atoms. The van der Waals surface area contributed by atoms with Gasteiger partial charge in [-0.1, -0.05) is 0 Å². The Labute approximate surface area is 78.0 Å². The first kappa shape index (κ1) is 11.7. The van der Waals surface area contributed by atoms with E-state index in [9.17, 15) is 4.79 Å². The molecule has 0 aromatic heterocycles. The summed E-state index contributed by atoms with van der Waals surface area (Å²) in [4.78, 5) is 18.6. The number of hydrogen-bond acceptors (Lipinski definition) is 4. The summed E-state index contributed by atoms with van der Waals surface area (Å²) in [6.45, 7) is 0. The Hall–Kier alpha value is -2.31. The molecule has 7 nitrogen and oxygen atoms in total. The topological polar surface area (TPSA) is 121 Å². The van der Waals surface area contributed by atoms with Crippen LogP contribution in [0.1, 0.15) is 10.4 Å².